The van der Waals surface area contributed by atoms with Gasteiger partial charge in [-0.1, -0.05) is 33.6 Å². The number of hydrogen-bond donors (Lipinski definition) is 1. The van der Waals surface area contributed by atoms with Gasteiger partial charge in [-0.15, -0.1) is 0 Å². The van der Waals surface area contributed by atoms with Crippen molar-refractivity contribution in [2.24, 2.45) is 0 Å². The van der Waals surface area contributed by atoms with Crippen LogP contribution in [0.3, 0.4) is 0 Å². The Morgan fingerprint density at radius 1 is 1.26 bits per heavy atom. The summed E-state index contributed by atoms with van der Waals surface area (Å²) in [6, 6.07) is 11.0. The van der Waals surface area contributed by atoms with E-state index in [1.807, 2.05) is 25.1 Å². The van der Waals surface area contributed by atoms with Crippen LogP contribution in [0.4, 0.5) is 5.69 Å². The van der Waals surface area contributed by atoms with Crippen molar-refractivity contribution in [1.82, 2.24) is 0 Å². The van der Waals surface area contributed by atoms with E-state index < -0.39 is 0 Å². The second kappa shape index (κ2) is 6.24. The van der Waals surface area contributed by atoms with Crippen LogP contribution in [0.15, 0.2) is 40.9 Å². The molecule has 98 valence electrons. The molecule has 2 aromatic carbocycles. The number of amides is 1. The minimum atomic E-state index is -0.177. The van der Waals surface area contributed by atoms with E-state index in [1.54, 1.807) is 18.2 Å². The van der Waals surface area contributed by atoms with Gasteiger partial charge in [0.05, 0.1) is 10.7 Å². The van der Waals surface area contributed by atoms with Gasteiger partial charge in [0, 0.05) is 13.6 Å². The van der Waals surface area contributed by atoms with E-state index in [9.17, 15) is 4.79 Å². The predicted octanol–water partition coefficient (Wildman–Crippen LogP) is 5.27. The van der Waals surface area contributed by atoms with Crippen LogP contribution in [-0.2, 0) is 0 Å². The topological polar surface area (TPSA) is 29.1 Å². The van der Waals surface area contributed by atoms with Gasteiger partial charge in [0.1, 0.15) is 0 Å². The molecule has 0 saturated heterocycles. The number of aryl methyl sites for hydroxylation is 1. The maximum atomic E-state index is 12.1. The molecule has 5 heteroatoms. The van der Waals surface area contributed by atoms with Crippen LogP contribution < -0.4 is 5.32 Å². The Bertz CT molecular complexity index is 645. The molecule has 2 aromatic rings. The minimum Gasteiger partial charge on any atom is -0.321 e. The summed E-state index contributed by atoms with van der Waals surface area (Å²) in [5.74, 6) is -0.177. The Balaban J connectivity index is 2.23. The molecule has 0 aliphatic carbocycles. The summed E-state index contributed by atoms with van der Waals surface area (Å²) < 4.78 is 1.94. The third kappa shape index (κ3) is 3.70. The van der Waals surface area contributed by atoms with Crippen LogP contribution in [0.5, 0.6) is 0 Å². The number of halogens is 3. The normalized spacial score (nSPS) is 10.3. The standard InChI is InChI=1S/C14H10BrClINO/c1-8-2-3-9(6-11(8)15)14(19)18-13-5-4-10(17)7-12(13)16/h2-7H,1H3,(H,18,19). The molecule has 0 fully saturated rings. The molecule has 0 spiro atoms. The summed E-state index contributed by atoms with van der Waals surface area (Å²) >= 11 is 11.7. The van der Waals surface area contributed by atoms with Crippen LogP contribution in [0.1, 0.15) is 15.9 Å². The Morgan fingerprint density at radius 2 is 2.00 bits per heavy atom. The molecule has 0 aliphatic heterocycles. The fourth-order valence-corrected chi connectivity index (χ4v) is 2.80. The van der Waals surface area contributed by atoms with Crippen LogP contribution in [0.25, 0.3) is 0 Å². The second-order valence-corrected chi connectivity index (χ2v) is 6.55. The van der Waals surface area contributed by atoms with Gasteiger partial charge in [-0.3, -0.25) is 4.79 Å². The molecule has 0 atom stereocenters. The van der Waals surface area contributed by atoms with Gasteiger partial charge in [0.15, 0.2) is 0 Å². The number of anilines is 1. The fraction of sp³-hybridized carbons (Fsp3) is 0.0714. The largest absolute Gasteiger partial charge is 0.321 e. The molecule has 2 rings (SSSR count). The Hall–Kier alpha value is -0.590. The van der Waals surface area contributed by atoms with Crippen LogP contribution in [0, 0.1) is 10.5 Å². The summed E-state index contributed by atoms with van der Waals surface area (Å²) in [6.07, 6.45) is 0. The first-order chi connectivity index (χ1) is 8.97. The molecule has 0 saturated carbocycles. The predicted molar refractivity (Wildman–Crippen MR) is 91.0 cm³/mol. The highest BCUT2D eigenvalue weighted by atomic mass is 127. The quantitative estimate of drug-likeness (QED) is 0.621. The van der Waals surface area contributed by atoms with Crippen LogP contribution in [0.2, 0.25) is 5.02 Å². The minimum absolute atomic E-state index is 0.177. The van der Waals surface area contributed by atoms with Crippen LogP contribution in [-0.4, -0.2) is 5.91 Å². The third-order valence-electron chi connectivity index (χ3n) is 2.61. The first-order valence-corrected chi connectivity index (χ1v) is 7.75. The van der Waals surface area contributed by atoms with Crippen molar-refractivity contribution in [1.29, 1.82) is 0 Å². The third-order valence-corrected chi connectivity index (χ3v) is 4.45. The lowest BCUT2D eigenvalue weighted by Gasteiger charge is -2.08. The number of hydrogen-bond acceptors (Lipinski definition) is 1. The molecule has 1 N–H and O–H groups in total. The van der Waals surface area contributed by atoms with Gasteiger partial charge in [-0.05, 0) is 65.4 Å². The highest BCUT2D eigenvalue weighted by Gasteiger charge is 2.09. The highest BCUT2D eigenvalue weighted by molar-refractivity contribution is 14.1. The molecule has 0 heterocycles. The van der Waals surface area contributed by atoms with Gasteiger partial charge in [0.25, 0.3) is 5.91 Å². The zero-order valence-corrected chi connectivity index (χ0v) is 14.5. The van der Waals surface area contributed by atoms with Crippen molar-refractivity contribution in [3.05, 3.63) is 60.6 Å². The zero-order valence-electron chi connectivity index (χ0n) is 10.0. The van der Waals surface area contributed by atoms with E-state index in [4.69, 9.17) is 11.6 Å². The van der Waals surface area contributed by atoms with Crippen molar-refractivity contribution >= 4 is 61.7 Å². The van der Waals surface area contributed by atoms with Gasteiger partial charge >= 0.3 is 0 Å². The molecule has 0 bridgehead atoms. The monoisotopic (exact) mass is 449 g/mol. The molecular weight excluding hydrogens is 440 g/mol. The van der Waals surface area contributed by atoms with E-state index in [1.165, 1.54) is 0 Å². The first-order valence-electron chi connectivity index (χ1n) is 5.50. The summed E-state index contributed by atoms with van der Waals surface area (Å²) in [5, 5.41) is 3.34. The molecular formula is C14H10BrClINO. The molecule has 0 aliphatic rings. The summed E-state index contributed by atoms with van der Waals surface area (Å²) in [6.45, 7) is 1.97. The summed E-state index contributed by atoms with van der Waals surface area (Å²) in [4.78, 5) is 12.1. The average molecular weight is 451 g/mol. The summed E-state index contributed by atoms with van der Waals surface area (Å²) in [7, 11) is 0. The van der Waals surface area contributed by atoms with E-state index in [-0.39, 0.29) is 5.91 Å². The van der Waals surface area contributed by atoms with Crippen molar-refractivity contribution in [3.63, 3.8) is 0 Å². The van der Waals surface area contributed by atoms with E-state index in [0.29, 0.717) is 16.3 Å². The van der Waals surface area contributed by atoms with Gasteiger partial charge in [0.2, 0.25) is 0 Å². The number of nitrogens with one attached hydrogen (secondary N) is 1. The maximum absolute atomic E-state index is 12.1. The Morgan fingerprint density at radius 3 is 2.63 bits per heavy atom. The molecule has 0 aromatic heterocycles. The molecule has 0 unspecified atom stereocenters. The van der Waals surface area contributed by atoms with Gasteiger partial charge < -0.3 is 5.32 Å². The molecule has 19 heavy (non-hydrogen) atoms. The SMILES string of the molecule is Cc1ccc(C(=O)Nc2ccc(I)cc2Cl)cc1Br. The Kier molecular flexibility index (Phi) is 4.86. The zero-order chi connectivity index (χ0) is 14.0. The lowest BCUT2D eigenvalue weighted by Crippen LogP contribution is -2.12. The van der Waals surface area contributed by atoms with Crippen molar-refractivity contribution in [3.8, 4) is 0 Å². The highest BCUT2D eigenvalue weighted by Crippen LogP contribution is 2.25. The number of carbonyl (C=O) groups is 1. The smallest absolute Gasteiger partial charge is 0.255 e. The fourth-order valence-electron chi connectivity index (χ4n) is 1.52. The second-order valence-electron chi connectivity index (χ2n) is 4.04. The van der Waals surface area contributed by atoms with Crippen LogP contribution >= 0.6 is 50.1 Å². The first kappa shape index (κ1) is 14.8. The number of carbonyl (C=O) groups excluding carboxylic acids is 1. The van der Waals surface area contributed by atoms with Gasteiger partial charge in [-0.25, -0.2) is 0 Å². The Labute approximate surface area is 138 Å². The van der Waals surface area contributed by atoms with Crippen molar-refractivity contribution in [2.45, 2.75) is 6.92 Å². The number of benzene rings is 2. The molecule has 1 amide bonds. The molecule has 2 nitrogen and oxygen atoms in total. The maximum Gasteiger partial charge on any atom is 0.255 e. The average Bonchev–Trinajstić information content (AvgIpc) is 2.36. The summed E-state index contributed by atoms with van der Waals surface area (Å²) in [5.41, 5.74) is 2.29. The van der Waals surface area contributed by atoms with Crippen molar-refractivity contribution in [2.75, 3.05) is 5.32 Å². The van der Waals surface area contributed by atoms with E-state index >= 15 is 0 Å². The van der Waals surface area contributed by atoms with Crippen molar-refractivity contribution < 1.29 is 4.79 Å². The lowest BCUT2D eigenvalue weighted by atomic mass is 10.1. The lowest BCUT2D eigenvalue weighted by molar-refractivity contribution is 0.102. The number of rotatable bonds is 2. The van der Waals surface area contributed by atoms with E-state index in [0.717, 1.165) is 13.6 Å². The van der Waals surface area contributed by atoms with Gasteiger partial charge in [-0.2, -0.15) is 0 Å². The van der Waals surface area contributed by atoms with E-state index in [2.05, 4.69) is 43.8 Å². The molecule has 0 radical (unpaired) electrons.